The summed E-state index contributed by atoms with van der Waals surface area (Å²) in [5.41, 5.74) is -0.0312. The first-order chi connectivity index (χ1) is 8.47. The summed E-state index contributed by atoms with van der Waals surface area (Å²) in [6.07, 6.45) is 2.30. The molecule has 4 heteroatoms. The summed E-state index contributed by atoms with van der Waals surface area (Å²) in [5.74, 6) is 2.72. The van der Waals surface area contributed by atoms with Gasteiger partial charge in [0, 0.05) is 24.6 Å². The van der Waals surface area contributed by atoms with Gasteiger partial charge in [-0.1, -0.05) is 13.8 Å². The molecule has 1 aliphatic rings. The molecule has 4 nitrogen and oxygen atoms in total. The highest BCUT2D eigenvalue weighted by atomic mass is 16.1. The molecule has 2 rings (SSSR count). The topological polar surface area (TPSA) is 49.0 Å². The minimum absolute atomic E-state index is 0.0312. The number of hydrogen-bond acceptors (Lipinski definition) is 3. The zero-order valence-electron chi connectivity index (χ0n) is 11.7. The van der Waals surface area contributed by atoms with E-state index in [4.69, 9.17) is 0 Å². The number of H-pyrrole nitrogens is 1. The van der Waals surface area contributed by atoms with Crippen LogP contribution in [0.1, 0.15) is 52.3 Å². The van der Waals surface area contributed by atoms with Crippen LogP contribution in [0.3, 0.4) is 0 Å². The van der Waals surface area contributed by atoms with Gasteiger partial charge in [0.2, 0.25) is 0 Å². The van der Waals surface area contributed by atoms with Crippen LogP contribution in [0.4, 0.5) is 5.82 Å². The van der Waals surface area contributed by atoms with Crippen LogP contribution in [0, 0.1) is 5.92 Å². The molecule has 1 saturated carbocycles. The molecule has 0 radical (unpaired) electrons. The van der Waals surface area contributed by atoms with Crippen LogP contribution >= 0.6 is 0 Å². The van der Waals surface area contributed by atoms with Crippen molar-refractivity contribution in [2.24, 2.45) is 5.92 Å². The van der Waals surface area contributed by atoms with Gasteiger partial charge in [-0.15, -0.1) is 0 Å². The second-order valence-electron chi connectivity index (χ2n) is 5.90. The first kappa shape index (κ1) is 13.1. The minimum Gasteiger partial charge on any atom is -0.354 e. The van der Waals surface area contributed by atoms with Crippen molar-refractivity contribution < 1.29 is 0 Å². The van der Waals surface area contributed by atoms with Gasteiger partial charge in [0.1, 0.15) is 11.6 Å². The molecule has 0 aromatic carbocycles. The van der Waals surface area contributed by atoms with Crippen molar-refractivity contribution in [2.45, 2.75) is 52.5 Å². The molecule has 1 aromatic rings. The van der Waals surface area contributed by atoms with Crippen LogP contribution in [-0.2, 0) is 0 Å². The summed E-state index contributed by atoms with van der Waals surface area (Å²) in [5, 5.41) is 0. The van der Waals surface area contributed by atoms with Crippen molar-refractivity contribution in [3.63, 3.8) is 0 Å². The first-order valence-corrected chi connectivity index (χ1v) is 6.85. The van der Waals surface area contributed by atoms with Crippen LogP contribution in [0.5, 0.6) is 0 Å². The Morgan fingerprint density at radius 2 is 2.06 bits per heavy atom. The van der Waals surface area contributed by atoms with Crippen LogP contribution in [0.2, 0.25) is 0 Å². The largest absolute Gasteiger partial charge is 0.354 e. The Bertz CT molecular complexity index is 460. The van der Waals surface area contributed by atoms with Gasteiger partial charge in [0.05, 0.1) is 0 Å². The SMILES string of the molecule is CC(C)CN(c1cc(=O)[nH]c(C2CC2)n1)C(C)C. The second kappa shape index (κ2) is 5.12. The smallest absolute Gasteiger partial charge is 0.252 e. The minimum atomic E-state index is -0.0312. The number of hydrogen-bond donors (Lipinski definition) is 1. The van der Waals surface area contributed by atoms with E-state index in [-0.39, 0.29) is 5.56 Å². The highest BCUT2D eigenvalue weighted by molar-refractivity contribution is 5.39. The molecule has 0 aliphatic heterocycles. The summed E-state index contributed by atoms with van der Waals surface area (Å²) in [6, 6.07) is 1.97. The summed E-state index contributed by atoms with van der Waals surface area (Å²) in [4.78, 5) is 21.5. The predicted octanol–water partition coefficient (Wildman–Crippen LogP) is 2.52. The van der Waals surface area contributed by atoms with Crippen molar-refractivity contribution >= 4 is 5.82 Å². The Morgan fingerprint density at radius 1 is 1.39 bits per heavy atom. The van der Waals surface area contributed by atoms with E-state index in [1.165, 1.54) is 0 Å². The average molecular weight is 249 g/mol. The maximum absolute atomic E-state index is 11.7. The Hall–Kier alpha value is -1.32. The number of rotatable bonds is 5. The maximum Gasteiger partial charge on any atom is 0.252 e. The zero-order valence-corrected chi connectivity index (χ0v) is 11.7. The molecule has 0 bridgehead atoms. The van der Waals surface area contributed by atoms with Gasteiger partial charge >= 0.3 is 0 Å². The normalized spacial score (nSPS) is 15.4. The fourth-order valence-corrected chi connectivity index (χ4v) is 2.12. The predicted molar refractivity (Wildman–Crippen MR) is 74.2 cm³/mol. The molecule has 0 saturated heterocycles. The third-order valence-corrected chi connectivity index (χ3v) is 3.19. The van der Waals surface area contributed by atoms with Crippen LogP contribution in [0.25, 0.3) is 0 Å². The third-order valence-electron chi connectivity index (χ3n) is 3.19. The number of aromatic nitrogens is 2. The van der Waals surface area contributed by atoms with Crippen LogP contribution < -0.4 is 10.5 Å². The number of nitrogens with zero attached hydrogens (tertiary/aromatic N) is 2. The second-order valence-corrected chi connectivity index (χ2v) is 5.90. The zero-order chi connectivity index (χ0) is 13.3. The van der Waals surface area contributed by atoms with E-state index < -0.39 is 0 Å². The Balaban J connectivity index is 2.31. The van der Waals surface area contributed by atoms with E-state index in [9.17, 15) is 4.79 Å². The van der Waals surface area contributed by atoms with E-state index >= 15 is 0 Å². The Kier molecular flexibility index (Phi) is 3.73. The monoisotopic (exact) mass is 249 g/mol. The molecule has 0 unspecified atom stereocenters. The standard InChI is InChI=1S/C14H23N3O/c1-9(2)8-17(10(3)4)12-7-13(18)16-14(15-12)11-5-6-11/h7,9-11H,5-6,8H2,1-4H3,(H,15,16,18). The quantitative estimate of drug-likeness (QED) is 0.872. The summed E-state index contributed by atoms with van der Waals surface area (Å²) in [6.45, 7) is 9.58. The van der Waals surface area contributed by atoms with Gasteiger partial charge in [0.15, 0.2) is 0 Å². The van der Waals surface area contributed by atoms with Gasteiger partial charge in [-0.2, -0.15) is 0 Å². The third kappa shape index (κ3) is 3.12. The highest BCUT2D eigenvalue weighted by Crippen LogP contribution is 2.38. The van der Waals surface area contributed by atoms with Gasteiger partial charge in [0.25, 0.3) is 5.56 Å². The molecule has 0 amide bonds. The molecule has 1 aromatic heterocycles. The Labute approximate surface area is 108 Å². The van der Waals surface area contributed by atoms with Crippen molar-refractivity contribution in [3.05, 3.63) is 22.2 Å². The molecular weight excluding hydrogens is 226 g/mol. The lowest BCUT2D eigenvalue weighted by molar-refractivity contribution is 0.564. The fraction of sp³-hybridized carbons (Fsp3) is 0.714. The summed E-state index contributed by atoms with van der Waals surface area (Å²) in [7, 11) is 0. The van der Waals surface area contributed by atoms with E-state index in [0.717, 1.165) is 31.0 Å². The van der Waals surface area contributed by atoms with E-state index in [1.807, 2.05) is 0 Å². The molecule has 0 spiro atoms. The molecular formula is C14H23N3O. The van der Waals surface area contributed by atoms with Crippen LogP contribution in [-0.4, -0.2) is 22.6 Å². The number of aromatic amines is 1. The molecule has 1 heterocycles. The molecule has 1 fully saturated rings. The van der Waals surface area contributed by atoms with Gasteiger partial charge in [-0.25, -0.2) is 4.98 Å². The number of anilines is 1. The lowest BCUT2D eigenvalue weighted by Gasteiger charge is -2.29. The lowest BCUT2D eigenvalue weighted by Crippen LogP contribution is -2.36. The molecule has 0 atom stereocenters. The maximum atomic E-state index is 11.7. The van der Waals surface area contributed by atoms with Gasteiger partial charge in [-0.3, -0.25) is 4.79 Å². The van der Waals surface area contributed by atoms with Crippen LogP contribution in [0.15, 0.2) is 10.9 Å². The summed E-state index contributed by atoms with van der Waals surface area (Å²) >= 11 is 0. The summed E-state index contributed by atoms with van der Waals surface area (Å²) < 4.78 is 0. The van der Waals surface area contributed by atoms with E-state index in [2.05, 4.69) is 42.6 Å². The van der Waals surface area contributed by atoms with Gasteiger partial charge < -0.3 is 9.88 Å². The first-order valence-electron chi connectivity index (χ1n) is 6.85. The molecule has 1 aliphatic carbocycles. The highest BCUT2D eigenvalue weighted by Gasteiger charge is 2.27. The van der Waals surface area contributed by atoms with Crippen molar-refractivity contribution in [1.29, 1.82) is 0 Å². The molecule has 18 heavy (non-hydrogen) atoms. The van der Waals surface area contributed by atoms with E-state index in [1.54, 1.807) is 6.07 Å². The number of nitrogens with one attached hydrogen (secondary N) is 1. The van der Waals surface area contributed by atoms with E-state index in [0.29, 0.717) is 17.9 Å². The fourth-order valence-electron chi connectivity index (χ4n) is 2.12. The van der Waals surface area contributed by atoms with Gasteiger partial charge in [-0.05, 0) is 32.6 Å². The Morgan fingerprint density at radius 3 is 2.56 bits per heavy atom. The van der Waals surface area contributed by atoms with Crippen molar-refractivity contribution in [2.75, 3.05) is 11.4 Å². The van der Waals surface area contributed by atoms with Crippen molar-refractivity contribution in [1.82, 2.24) is 9.97 Å². The lowest BCUT2D eigenvalue weighted by atomic mass is 10.2. The average Bonchev–Trinajstić information content (AvgIpc) is 3.08. The van der Waals surface area contributed by atoms with Crippen molar-refractivity contribution in [3.8, 4) is 0 Å². The molecule has 1 N–H and O–H groups in total. The molecule has 100 valence electrons.